The number of nitrogens with one attached hydrogen (secondary N) is 4. The van der Waals surface area contributed by atoms with Gasteiger partial charge in [0.15, 0.2) is 0 Å². The summed E-state index contributed by atoms with van der Waals surface area (Å²) in [5.41, 5.74) is 7.30. The van der Waals surface area contributed by atoms with Gasteiger partial charge < -0.3 is 51.4 Å². The fraction of sp³-hybridized carbons (Fsp3) is 0.643. The van der Waals surface area contributed by atoms with Gasteiger partial charge in [-0.1, -0.05) is 82.7 Å². The van der Waals surface area contributed by atoms with E-state index in [-0.39, 0.29) is 24.7 Å². The lowest BCUT2D eigenvalue weighted by atomic mass is 10.0. The maximum atomic E-state index is 14.0. The molecule has 1 aromatic heterocycles. The van der Waals surface area contributed by atoms with Gasteiger partial charge in [0.1, 0.15) is 30.2 Å². The Morgan fingerprint density at radius 3 is 2.05 bits per heavy atom. The Hall–Kier alpha value is -4.68. The fourth-order valence-electron chi connectivity index (χ4n) is 7.53. The van der Waals surface area contributed by atoms with E-state index in [0.717, 1.165) is 45.4 Å². The van der Waals surface area contributed by atoms with E-state index in [9.17, 15) is 48.2 Å². The average molecular weight is 891 g/mol. The number of aromatic nitrogens is 2. The molecule has 1 aromatic carbocycles. The molecule has 1 saturated heterocycles. The quantitative estimate of drug-likeness (QED) is 0.0448. The highest BCUT2D eigenvalue weighted by Crippen LogP contribution is 2.38. The lowest BCUT2D eigenvalue weighted by Gasteiger charge is -2.28. The maximum absolute atomic E-state index is 14.0. The molecule has 1 aliphatic heterocycles. The second-order valence-electron chi connectivity index (χ2n) is 16.4. The molecule has 9 N–H and O–H groups in total. The van der Waals surface area contributed by atoms with E-state index < -0.39 is 80.3 Å². The highest BCUT2D eigenvalue weighted by molar-refractivity contribution is 7.46. The fourth-order valence-corrected chi connectivity index (χ4v) is 8.09. The van der Waals surface area contributed by atoms with Crippen molar-refractivity contribution in [2.45, 2.75) is 154 Å². The van der Waals surface area contributed by atoms with Crippen LogP contribution in [0, 0.1) is 5.92 Å². The van der Waals surface area contributed by atoms with Crippen LogP contribution in [0.2, 0.25) is 0 Å². The second kappa shape index (κ2) is 26.1. The van der Waals surface area contributed by atoms with Crippen LogP contribution in [0.1, 0.15) is 110 Å². The van der Waals surface area contributed by atoms with Gasteiger partial charge in [-0.25, -0.2) is 9.55 Å². The molecule has 2 aromatic rings. The molecule has 346 valence electrons. The van der Waals surface area contributed by atoms with Gasteiger partial charge in [0.05, 0.1) is 19.0 Å². The molecule has 62 heavy (non-hydrogen) atoms. The number of aliphatic hydroxyl groups excluding tert-OH is 1. The van der Waals surface area contributed by atoms with E-state index in [1.54, 1.807) is 12.5 Å². The summed E-state index contributed by atoms with van der Waals surface area (Å²) in [6.07, 6.45) is 12.5. The normalized spacial score (nSPS) is 16.5. The Morgan fingerprint density at radius 2 is 1.45 bits per heavy atom. The number of rotatable bonds is 28. The number of amides is 6. The number of hydrogen-bond acceptors (Lipinski definition) is 10. The van der Waals surface area contributed by atoms with Crippen molar-refractivity contribution in [2.75, 3.05) is 13.2 Å². The highest BCUT2D eigenvalue weighted by atomic mass is 31.2. The van der Waals surface area contributed by atoms with Crippen LogP contribution in [0.4, 0.5) is 0 Å². The summed E-state index contributed by atoms with van der Waals surface area (Å²) >= 11 is 0. The van der Waals surface area contributed by atoms with Crippen molar-refractivity contribution >= 4 is 43.3 Å². The van der Waals surface area contributed by atoms with Gasteiger partial charge in [-0.3, -0.25) is 33.3 Å². The summed E-state index contributed by atoms with van der Waals surface area (Å²) in [5, 5.41) is 20.2. The molecular weight excluding hydrogens is 823 g/mol. The minimum atomic E-state index is -5.11. The number of aliphatic hydroxyl groups is 1. The monoisotopic (exact) mass is 890 g/mol. The Kier molecular flexibility index (Phi) is 21.7. The minimum Gasteiger partial charge on any atom is -0.394 e. The van der Waals surface area contributed by atoms with E-state index in [1.165, 1.54) is 36.6 Å². The van der Waals surface area contributed by atoms with Gasteiger partial charge in [-0.15, -0.1) is 0 Å². The summed E-state index contributed by atoms with van der Waals surface area (Å²) in [6.45, 7) is 6.18. The van der Waals surface area contributed by atoms with E-state index in [2.05, 4.69) is 55.0 Å². The molecule has 1 aliphatic rings. The molecule has 0 spiro atoms. The molecule has 19 nitrogen and oxygen atoms in total. The predicted octanol–water partition coefficient (Wildman–Crippen LogP) is 1.76. The van der Waals surface area contributed by atoms with Gasteiger partial charge in [-0.2, -0.15) is 0 Å². The van der Waals surface area contributed by atoms with Crippen molar-refractivity contribution in [3.05, 3.63) is 54.1 Å². The van der Waals surface area contributed by atoms with Crippen LogP contribution >= 0.6 is 7.82 Å². The van der Waals surface area contributed by atoms with Crippen LogP contribution in [0.5, 0.6) is 0 Å². The van der Waals surface area contributed by atoms with Gasteiger partial charge in [-0.05, 0) is 56.9 Å². The second-order valence-corrected chi connectivity index (χ2v) is 17.6. The molecule has 0 unspecified atom stereocenters. The van der Waals surface area contributed by atoms with Crippen LogP contribution in [0.15, 0.2) is 42.9 Å². The third-order valence-electron chi connectivity index (χ3n) is 10.8. The van der Waals surface area contributed by atoms with E-state index in [0.29, 0.717) is 31.6 Å². The van der Waals surface area contributed by atoms with Gasteiger partial charge in [0.25, 0.3) is 0 Å². The van der Waals surface area contributed by atoms with E-state index >= 15 is 0 Å². The summed E-state index contributed by atoms with van der Waals surface area (Å²) < 4.78 is 17.8. The summed E-state index contributed by atoms with van der Waals surface area (Å²) in [6, 6.07) is 3.75. The molecule has 6 atom stereocenters. The number of nitrogens with zero attached hydrogens (tertiary/aromatic N) is 3. The van der Waals surface area contributed by atoms with Crippen molar-refractivity contribution < 1.29 is 52.7 Å². The van der Waals surface area contributed by atoms with Crippen LogP contribution in [0.3, 0.4) is 0 Å². The number of carbonyl (C=O) groups excluding carboxylic acids is 6. The third-order valence-corrected chi connectivity index (χ3v) is 11.4. The van der Waals surface area contributed by atoms with Crippen molar-refractivity contribution in [3.63, 3.8) is 0 Å². The zero-order valence-electron chi connectivity index (χ0n) is 36.4. The standard InChI is InChI=1S/C42H67N8O11P/c1-28(2)23-33(46-42(57)36-20-16-22-50(36)30(4)52)39(54)45-34(40(55)47-35(26-51)41(56)48-37(38(43)53)29(3)61-62(58,59)60)24-32-25-44-27-49(32)21-15-10-8-6-5-7-9-12-17-31-18-13-11-14-19-31/h11,13-14,18-19,25,27-29,33-37,51H,5-10,12,15-17,20-24,26H2,1-4H3,(H2,43,53)(H,45,54)(H,46,57)(H,47,55)(H,48,56)(H2,58,59,60)/t29-,33+,34+,35+,36+,37+/m1/s1. The summed E-state index contributed by atoms with van der Waals surface area (Å²) in [7, 11) is -5.11. The number of unbranched alkanes of at least 4 members (excludes halogenated alkanes) is 7. The van der Waals surface area contributed by atoms with Crippen molar-refractivity contribution in [2.24, 2.45) is 11.7 Å². The predicted molar refractivity (Wildman–Crippen MR) is 229 cm³/mol. The number of benzene rings is 1. The summed E-state index contributed by atoms with van der Waals surface area (Å²) in [5.74, 6) is -4.80. The van der Waals surface area contributed by atoms with E-state index in [4.69, 9.17) is 5.73 Å². The first-order chi connectivity index (χ1) is 29.4. The third kappa shape index (κ3) is 18.0. The SMILES string of the molecule is CC(=O)N1CCC[C@H]1C(=O)N[C@@H](CC(C)C)C(=O)N[C@@H](Cc1cncn1CCCCCCCCCCc1ccccc1)C(=O)N[C@@H](CO)C(=O)N[C@H](C(N)=O)[C@@H](C)OP(=O)(O)O. The smallest absolute Gasteiger partial charge is 0.394 e. The van der Waals surface area contributed by atoms with Crippen LogP contribution in [-0.4, -0.2) is 114 Å². The van der Waals surface area contributed by atoms with Gasteiger partial charge in [0, 0.05) is 38.3 Å². The molecule has 20 heteroatoms. The number of aryl methyl sites for hydroxylation is 2. The first-order valence-corrected chi connectivity index (χ1v) is 23.1. The number of primary amides is 1. The van der Waals surface area contributed by atoms with Crippen molar-refractivity contribution in [3.8, 4) is 0 Å². The lowest BCUT2D eigenvalue weighted by Crippen LogP contribution is -2.61. The molecule has 0 bridgehead atoms. The lowest BCUT2D eigenvalue weighted by molar-refractivity contribution is -0.139. The number of phosphoric acid groups is 1. The Morgan fingerprint density at radius 1 is 0.855 bits per heavy atom. The molecule has 2 heterocycles. The molecule has 0 aliphatic carbocycles. The molecule has 0 saturated carbocycles. The number of nitrogens with two attached hydrogens (primary N) is 1. The van der Waals surface area contributed by atoms with Gasteiger partial charge >= 0.3 is 7.82 Å². The Bertz CT molecular complexity index is 1810. The number of carbonyl (C=O) groups is 6. The van der Waals surface area contributed by atoms with Crippen LogP contribution in [-0.2, 0) is 57.2 Å². The summed E-state index contributed by atoms with van der Waals surface area (Å²) in [4.78, 5) is 103. The number of imidazole rings is 1. The molecule has 0 radical (unpaired) electrons. The topological polar surface area (TPSA) is 285 Å². The number of likely N-dealkylation sites (tertiary alicyclic amines) is 1. The molecule has 3 rings (SSSR count). The van der Waals surface area contributed by atoms with Crippen molar-refractivity contribution in [1.82, 2.24) is 35.7 Å². The highest BCUT2D eigenvalue weighted by Gasteiger charge is 2.37. The molecule has 1 fully saturated rings. The van der Waals surface area contributed by atoms with E-state index in [1.807, 2.05) is 24.5 Å². The molecular formula is C42H67N8O11P. The number of phosphoric ester groups is 1. The van der Waals surface area contributed by atoms with Crippen LogP contribution < -0.4 is 27.0 Å². The minimum absolute atomic E-state index is 0.0792. The van der Waals surface area contributed by atoms with Crippen molar-refractivity contribution in [1.29, 1.82) is 0 Å². The van der Waals surface area contributed by atoms with Crippen LogP contribution in [0.25, 0.3) is 0 Å². The first-order valence-electron chi connectivity index (χ1n) is 21.6. The average Bonchev–Trinajstić information content (AvgIpc) is 3.89. The maximum Gasteiger partial charge on any atom is 0.469 e. The zero-order valence-corrected chi connectivity index (χ0v) is 37.3. The largest absolute Gasteiger partial charge is 0.469 e. The first kappa shape index (κ1) is 51.7. The Labute approximate surface area is 363 Å². The van der Waals surface area contributed by atoms with Gasteiger partial charge in [0.2, 0.25) is 35.4 Å². The zero-order chi connectivity index (χ0) is 45.8. The Balaban J connectivity index is 1.72. The molecule has 6 amide bonds. The number of hydrogen-bond donors (Lipinski definition) is 8.